The van der Waals surface area contributed by atoms with Crippen LogP contribution in [0.15, 0.2) is 36.4 Å². The van der Waals surface area contributed by atoms with Gasteiger partial charge in [-0.25, -0.2) is 13.6 Å². The van der Waals surface area contributed by atoms with Crippen LogP contribution in [-0.2, 0) is 4.74 Å². The van der Waals surface area contributed by atoms with Crippen LogP contribution in [0.4, 0.5) is 8.78 Å². The lowest BCUT2D eigenvalue weighted by molar-refractivity contribution is 0.0473. The van der Waals surface area contributed by atoms with Gasteiger partial charge in [-0.1, -0.05) is 0 Å². The van der Waals surface area contributed by atoms with Crippen LogP contribution in [0.5, 0.6) is 11.5 Å². The van der Waals surface area contributed by atoms with E-state index in [-0.39, 0.29) is 22.6 Å². The Kier molecular flexibility index (Phi) is 5.47. The number of rotatable bonds is 6. The van der Waals surface area contributed by atoms with E-state index in [2.05, 4.69) is 0 Å². The Hall–Kier alpha value is -2.96. The van der Waals surface area contributed by atoms with E-state index in [1.54, 1.807) is 0 Å². The third kappa shape index (κ3) is 3.87. The highest BCUT2D eigenvalue weighted by Gasteiger charge is 2.17. The number of ether oxygens (including phenoxy) is 3. The van der Waals surface area contributed by atoms with Crippen LogP contribution >= 0.6 is 0 Å². The monoisotopic (exact) mass is 336 g/mol. The van der Waals surface area contributed by atoms with Crippen molar-refractivity contribution in [2.75, 3.05) is 20.8 Å². The number of esters is 1. The molecule has 0 unspecified atom stereocenters. The van der Waals surface area contributed by atoms with Gasteiger partial charge >= 0.3 is 5.97 Å². The second-order valence-corrected chi connectivity index (χ2v) is 4.69. The highest BCUT2D eigenvalue weighted by molar-refractivity contribution is 6.01. The fraction of sp³-hybridized carbons (Fsp3) is 0.176. The van der Waals surface area contributed by atoms with Crippen molar-refractivity contribution in [3.05, 3.63) is 59.2 Å². The van der Waals surface area contributed by atoms with E-state index >= 15 is 0 Å². The molecular formula is C17H14F2O5. The average molecular weight is 336 g/mol. The SMILES string of the molecule is COc1ccc(C(=O)OCC(=O)c2cc(F)ccc2OC)cc1F. The molecule has 0 bridgehead atoms. The van der Waals surface area contributed by atoms with Gasteiger partial charge in [-0.3, -0.25) is 4.79 Å². The molecular weight excluding hydrogens is 322 g/mol. The summed E-state index contributed by atoms with van der Waals surface area (Å²) in [5.74, 6) is -2.75. The predicted molar refractivity (Wildman–Crippen MR) is 80.5 cm³/mol. The molecule has 126 valence electrons. The van der Waals surface area contributed by atoms with E-state index in [9.17, 15) is 18.4 Å². The molecule has 0 heterocycles. The van der Waals surface area contributed by atoms with Crippen molar-refractivity contribution in [2.45, 2.75) is 0 Å². The third-order valence-corrected chi connectivity index (χ3v) is 3.18. The second kappa shape index (κ2) is 7.54. The zero-order valence-electron chi connectivity index (χ0n) is 13.0. The van der Waals surface area contributed by atoms with E-state index in [1.165, 1.54) is 32.4 Å². The van der Waals surface area contributed by atoms with Crippen molar-refractivity contribution in [3.63, 3.8) is 0 Å². The maximum absolute atomic E-state index is 13.6. The van der Waals surface area contributed by atoms with Gasteiger partial charge in [-0.15, -0.1) is 0 Å². The normalized spacial score (nSPS) is 10.2. The summed E-state index contributed by atoms with van der Waals surface area (Å²) in [7, 11) is 2.62. The first-order valence-electron chi connectivity index (χ1n) is 6.83. The number of ketones is 1. The lowest BCUT2D eigenvalue weighted by Gasteiger charge is -2.09. The molecule has 0 atom stereocenters. The molecule has 2 aromatic rings. The Labute approximate surface area is 136 Å². The number of halogens is 2. The highest BCUT2D eigenvalue weighted by Crippen LogP contribution is 2.21. The molecule has 7 heteroatoms. The number of carbonyl (C=O) groups is 2. The van der Waals surface area contributed by atoms with Gasteiger partial charge in [-0.05, 0) is 36.4 Å². The first kappa shape index (κ1) is 17.4. The predicted octanol–water partition coefficient (Wildman–Crippen LogP) is 3.02. The highest BCUT2D eigenvalue weighted by atomic mass is 19.1. The summed E-state index contributed by atoms with van der Waals surface area (Å²) in [5.41, 5.74) is -0.126. The molecule has 24 heavy (non-hydrogen) atoms. The molecule has 0 fully saturated rings. The van der Waals surface area contributed by atoms with Gasteiger partial charge in [-0.2, -0.15) is 0 Å². The molecule has 0 spiro atoms. The maximum atomic E-state index is 13.6. The van der Waals surface area contributed by atoms with Gasteiger partial charge < -0.3 is 14.2 Å². The Balaban J connectivity index is 2.07. The summed E-state index contributed by atoms with van der Waals surface area (Å²) in [6.07, 6.45) is 0. The summed E-state index contributed by atoms with van der Waals surface area (Å²) < 4.78 is 41.4. The van der Waals surface area contributed by atoms with Crippen LogP contribution in [0.1, 0.15) is 20.7 Å². The number of hydrogen-bond donors (Lipinski definition) is 0. The molecule has 0 aliphatic carbocycles. The van der Waals surface area contributed by atoms with Crippen LogP contribution in [0.3, 0.4) is 0 Å². The summed E-state index contributed by atoms with van der Waals surface area (Å²) in [6.45, 7) is -0.633. The molecule has 0 saturated carbocycles. The van der Waals surface area contributed by atoms with E-state index in [4.69, 9.17) is 14.2 Å². The van der Waals surface area contributed by atoms with Crippen molar-refractivity contribution >= 4 is 11.8 Å². The van der Waals surface area contributed by atoms with E-state index in [0.29, 0.717) is 0 Å². The molecule has 2 aromatic carbocycles. The van der Waals surface area contributed by atoms with Crippen LogP contribution in [0.25, 0.3) is 0 Å². The smallest absolute Gasteiger partial charge is 0.338 e. The lowest BCUT2D eigenvalue weighted by Crippen LogP contribution is -2.15. The van der Waals surface area contributed by atoms with Crippen LogP contribution in [-0.4, -0.2) is 32.6 Å². The Morgan fingerprint density at radius 3 is 2.25 bits per heavy atom. The van der Waals surface area contributed by atoms with E-state index < -0.39 is 30.0 Å². The molecule has 0 aliphatic heterocycles. The molecule has 5 nitrogen and oxygen atoms in total. The van der Waals surface area contributed by atoms with Crippen molar-refractivity contribution in [1.29, 1.82) is 0 Å². The van der Waals surface area contributed by atoms with Crippen molar-refractivity contribution in [2.24, 2.45) is 0 Å². The van der Waals surface area contributed by atoms with Crippen molar-refractivity contribution < 1.29 is 32.6 Å². The summed E-state index contributed by atoms with van der Waals surface area (Å²) in [4.78, 5) is 23.9. The molecule has 0 amide bonds. The Bertz CT molecular complexity index is 774. The second-order valence-electron chi connectivity index (χ2n) is 4.69. The van der Waals surface area contributed by atoms with Crippen molar-refractivity contribution in [3.8, 4) is 11.5 Å². The fourth-order valence-corrected chi connectivity index (χ4v) is 1.98. The van der Waals surface area contributed by atoms with E-state index in [1.807, 2.05) is 0 Å². The number of hydrogen-bond acceptors (Lipinski definition) is 5. The fourth-order valence-electron chi connectivity index (χ4n) is 1.98. The topological polar surface area (TPSA) is 61.8 Å². The van der Waals surface area contributed by atoms with Gasteiger partial charge in [0.15, 0.2) is 18.2 Å². The molecule has 0 radical (unpaired) electrons. The lowest BCUT2D eigenvalue weighted by atomic mass is 10.1. The number of benzene rings is 2. The van der Waals surface area contributed by atoms with Crippen molar-refractivity contribution in [1.82, 2.24) is 0 Å². The minimum atomic E-state index is -0.889. The van der Waals surface area contributed by atoms with Gasteiger partial charge in [0.2, 0.25) is 5.78 Å². The van der Waals surface area contributed by atoms with Crippen LogP contribution in [0, 0.1) is 11.6 Å². The van der Waals surface area contributed by atoms with Gasteiger partial charge in [0, 0.05) is 0 Å². The molecule has 0 saturated heterocycles. The summed E-state index contributed by atoms with van der Waals surface area (Å²) >= 11 is 0. The number of methoxy groups -OCH3 is 2. The Morgan fingerprint density at radius 2 is 1.62 bits per heavy atom. The minimum Gasteiger partial charge on any atom is -0.496 e. The number of carbonyl (C=O) groups excluding carboxylic acids is 2. The molecule has 2 rings (SSSR count). The Morgan fingerprint density at radius 1 is 0.958 bits per heavy atom. The third-order valence-electron chi connectivity index (χ3n) is 3.18. The number of Topliss-reactive ketones (excluding diaryl/α,β-unsaturated/α-hetero) is 1. The zero-order valence-corrected chi connectivity index (χ0v) is 13.0. The minimum absolute atomic E-state index is 0.0212. The first-order chi connectivity index (χ1) is 11.5. The molecule has 0 aromatic heterocycles. The average Bonchev–Trinajstić information content (AvgIpc) is 2.59. The maximum Gasteiger partial charge on any atom is 0.338 e. The first-order valence-corrected chi connectivity index (χ1v) is 6.83. The molecule has 0 N–H and O–H groups in total. The standard InChI is InChI=1S/C17H14F2O5/c1-22-15-6-4-11(18)8-12(15)14(20)9-24-17(21)10-3-5-16(23-2)13(19)7-10/h3-8H,9H2,1-2H3. The zero-order chi connectivity index (χ0) is 17.7. The van der Waals surface area contributed by atoms with E-state index in [0.717, 1.165) is 18.2 Å². The van der Waals surface area contributed by atoms with Gasteiger partial charge in [0.25, 0.3) is 0 Å². The largest absolute Gasteiger partial charge is 0.496 e. The quantitative estimate of drug-likeness (QED) is 0.599. The molecule has 0 aliphatic rings. The van der Waals surface area contributed by atoms with Crippen LogP contribution in [0.2, 0.25) is 0 Å². The summed E-state index contributed by atoms with van der Waals surface area (Å²) in [6, 6.07) is 6.93. The van der Waals surface area contributed by atoms with Gasteiger partial charge in [0.05, 0.1) is 25.3 Å². The summed E-state index contributed by atoms with van der Waals surface area (Å²) in [5, 5.41) is 0. The van der Waals surface area contributed by atoms with Crippen LogP contribution < -0.4 is 9.47 Å². The van der Waals surface area contributed by atoms with Gasteiger partial charge in [0.1, 0.15) is 11.6 Å².